The highest BCUT2D eigenvalue weighted by Gasteiger charge is 2.39. The lowest BCUT2D eigenvalue weighted by Crippen LogP contribution is -2.45. The van der Waals surface area contributed by atoms with Gasteiger partial charge in [-0.15, -0.1) is 0 Å². The smallest absolute Gasteiger partial charge is 0.220 e. The summed E-state index contributed by atoms with van der Waals surface area (Å²) in [6.45, 7) is 4.28. The number of hydrogen-bond acceptors (Lipinski definition) is 2. The van der Waals surface area contributed by atoms with E-state index in [1.165, 1.54) is 5.56 Å². The number of rotatable bonds is 5. The number of aliphatic hydroxyl groups is 1. The molecule has 0 bridgehead atoms. The van der Waals surface area contributed by atoms with Crippen molar-refractivity contribution in [1.29, 1.82) is 0 Å². The van der Waals surface area contributed by atoms with Crippen LogP contribution in [-0.2, 0) is 4.79 Å². The number of hydrogen-bond donors (Lipinski definition) is 2. The molecule has 0 radical (unpaired) electrons. The molecular formula is C17H25NO2. The summed E-state index contributed by atoms with van der Waals surface area (Å²) in [5, 5.41) is 12.6. The molecule has 2 rings (SSSR count). The molecule has 1 aliphatic carbocycles. The summed E-state index contributed by atoms with van der Waals surface area (Å²) in [4.78, 5) is 12.2. The van der Waals surface area contributed by atoms with E-state index >= 15 is 0 Å². The van der Waals surface area contributed by atoms with Gasteiger partial charge < -0.3 is 10.4 Å². The lowest BCUT2D eigenvalue weighted by molar-refractivity contribution is -0.123. The molecule has 0 heterocycles. The summed E-state index contributed by atoms with van der Waals surface area (Å²) in [5.74, 6) is 0.311. The number of amides is 1. The van der Waals surface area contributed by atoms with Gasteiger partial charge in [0.15, 0.2) is 0 Å². The highest BCUT2D eigenvalue weighted by molar-refractivity contribution is 5.77. The number of nitrogens with one attached hydrogen (secondary N) is 1. The largest absolute Gasteiger partial charge is 0.396 e. The van der Waals surface area contributed by atoms with Crippen LogP contribution in [0.1, 0.15) is 51.0 Å². The van der Waals surface area contributed by atoms with Crippen LogP contribution in [0.4, 0.5) is 0 Å². The molecule has 1 amide bonds. The average Bonchev–Trinajstić information content (AvgIpc) is 2.81. The van der Waals surface area contributed by atoms with Crippen LogP contribution in [0.3, 0.4) is 0 Å². The average molecular weight is 275 g/mol. The molecule has 3 unspecified atom stereocenters. The van der Waals surface area contributed by atoms with Gasteiger partial charge in [-0.25, -0.2) is 0 Å². The van der Waals surface area contributed by atoms with E-state index in [4.69, 9.17) is 0 Å². The Kier molecular flexibility index (Phi) is 4.81. The Morgan fingerprint density at radius 2 is 2.15 bits per heavy atom. The predicted octanol–water partition coefficient (Wildman–Crippen LogP) is 2.85. The zero-order chi connectivity index (χ0) is 14.6. The Hall–Kier alpha value is -1.35. The van der Waals surface area contributed by atoms with Gasteiger partial charge in [-0.3, -0.25) is 4.79 Å². The molecule has 0 saturated heterocycles. The van der Waals surface area contributed by atoms with Crippen molar-refractivity contribution in [2.24, 2.45) is 5.41 Å². The first-order chi connectivity index (χ1) is 9.55. The first-order valence-electron chi connectivity index (χ1n) is 7.50. The second-order valence-corrected chi connectivity index (χ2v) is 6.34. The summed E-state index contributed by atoms with van der Waals surface area (Å²) in [5.41, 5.74) is 1.05. The van der Waals surface area contributed by atoms with Gasteiger partial charge in [0.25, 0.3) is 0 Å². The molecule has 0 aromatic heterocycles. The maximum absolute atomic E-state index is 12.2. The highest BCUT2D eigenvalue weighted by atomic mass is 16.3. The Bertz CT molecular complexity index is 446. The van der Waals surface area contributed by atoms with Crippen LogP contribution in [0.2, 0.25) is 0 Å². The minimum Gasteiger partial charge on any atom is -0.396 e. The molecule has 2 N–H and O–H groups in total. The van der Waals surface area contributed by atoms with Crippen LogP contribution >= 0.6 is 0 Å². The fourth-order valence-electron chi connectivity index (χ4n) is 3.10. The van der Waals surface area contributed by atoms with Crippen molar-refractivity contribution in [3.63, 3.8) is 0 Å². The standard InChI is InChI=1S/C17H25NO2/c1-13(14-7-4-3-5-8-14)11-16(20)18-15-9-6-10-17(15,2)12-19/h3-5,7-8,13,15,19H,6,9-12H2,1-2H3,(H,18,20). The predicted molar refractivity (Wildman–Crippen MR) is 80.4 cm³/mol. The number of aliphatic hydroxyl groups excluding tert-OH is 1. The van der Waals surface area contributed by atoms with Crippen LogP contribution in [0.5, 0.6) is 0 Å². The zero-order valence-corrected chi connectivity index (χ0v) is 12.4. The Labute approximate surface area is 121 Å². The third-order valence-corrected chi connectivity index (χ3v) is 4.64. The lowest BCUT2D eigenvalue weighted by Gasteiger charge is -2.30. The van der Waals surface area contributed by atoms with Gasteiger partial charge >= 0.3 is 0 Å². The van der Waals surface area contributed by atoms with Crippen LogP contribution in [0, 0.1) is 5.41 Å². The highest BCUT2D eigenvalue weighted by Crippen LogP contribution is 2.37. The second kappa shape index (κ2) is 6.40. The second-order valence-electron chi connectivity index (χ2n) is 6.34. The van der Waals surface area contributed by atoms with Crippen LogP contribution < -0.4 is 5.32 Å². The van der Waals surface area contributed by atoms with Gasteiger partial charge in [0, 0.05) is 17.9 Å². The van der Waals surface area contributed by atoms with E-state index in [0.29, 0.717) is 6.42 Å². The summed E-state index contributed by atoms with van der Waals surface area (Å²) in [7, 11) is 0. The fraction of sp³-hybridized carbons (Fsp3) is 0.588. The summed E-state index contributed by atoms with van der Waals surface area (Å²) in [6.07, 6.45) is 3.55. The van der Waals surface area contributed by atoms with Gasteiger partial charge in [0.2, 0.25) is 5.91 Å². The van der Waals surface area contributed by atoms with Crippen molar-refractivity contribution < 1.29 is 9.90 Å². The van der Waals surface area contributed by atoms with E-state index in [1.54, 1.807) is 0 Å². The molecule has 3 heteroatoms. The molecule has 1 aromatic rings. The van der Waals surface area contributed by atoms with Crippen LogP contribution in [-0.4, -0.2) is 23.7 Å². The van der Waals surface area contributed by atoms with Crippen molar-refractivity contribution >= 4 is 5.91 Å². The van der Waals surface area contributed by atoms with Crippen LogP contribution in [0.15, 0.2) is 30.3 Å². The maximum Gasteiger partial charge on any atom is 0.220 e. The maximum atomic E-state index is 12.2. The first kappa shape index (κ1) is 15.0. The van der Waals surface area contributed by atoms with Gasteiger partial charge in [0.05, 0.1) is 6.61 Å². The SMILES string of the molecule is CC(CC(=O)NC1CCCC1(C)CO)c1ccccc1. The van der Waals surface area contributed by atoms with Gasteiger partial charge in [-0.05, 0) is 24.3 Å². The van der Waals surface area contributed by atoms with E-state index < -0.39 is 0 Å². The summed E-state index contributed by atoms with van der Waals surface area (Å²) in [6, 6.07) is 10.2. The molecule has 20 heavy (non-hydrogen) atoms. The Morgan fingerprint density at radius 3 is 2.80 bits per heavy atom. The van der Waals surface area contributed by atoms with Gasteiger partial charge in [0.1, 0.15) is 0 Å². The van der Waals surface area contributed by atoms with E-state index in [1.807, 2.05) is 18.2 Å². The van der Waals surface area contributed by atoms with Crippen molar-refractivity contribution in [2.75, 3.05) is 6.61 Å². The minimum absolute atomic E-state index is 0.0907. The number of benzene rings is 1. The molecule has 1 saturated carbocycles. The molecule has 3 atom stereocenters. The molecule has 0 aliphatic heterocycles. The Balaban J connectivity index is 1.90. The molecule has 110 valence electrons. The third-order valence-electron chi connectivity index (χ3n) is 4.64. The molecule has 3 nitrogen and oxygen atoms in total. The normalized spacial score (nSPS) is 27.2. The van der Waals surface area contributed by atoms with E-state index in [-0.39, 0.29) is 29.9 Å². The zero-order valence-electron chi connectivity index (χ0n) is 12.4. The molecule has 1 fully saturated rings. The quantitative estimate of drug-likeness (QED) is 0.868. The summed E-state index contributed by atoms with van der Waals surface area (Å²) < 4.78 is 0. The van der Waals surface area contributed by atoms with E-state index in [2.05, 4.69) is 31.3 Å². The minimum atomic E-state index is -0.147. The first-order valence-corrected chi connectivity index (χ1v) is 7.50. The molecular weight excluding hydrogens is 250 g/mol. The monoisotopic (exact) mass is 275 g/mol. The molecule has 1 aromatic carbocycles. The van der Waals surface area contributed by atoms with E-state index in [0.717, 1.165) is 19.3 Å². The lowest BCUT2D eigenvalue weighted by atomic mass is 9.85. The van der Waals surface area contributed by atoms with Gasteiger partial charge in [-0.1, -0.05) is 50.6 Å². The number of carbonyl (C=O) groups is 1. The third kappa shape index (κ3) is 3.40. The number of carbonyl (C=O) groups excluding carboxylic acids is 1. The fourth-order valence-corrected chi connectivity index (χ4v) is 3.10. The van der Waals surface area contributed by atoms with Crippen LogP contribution in [0.25, 0.3) is 0 Å². The van der Waals surface area contributed by atoms with Crippen molar-refractivity contribution in [2.45, 2.75) is 51.5 Å². The topological polar surface area (TPSA) is 49.3 Å². The van der Waals surface area contributed by atoms with Crippen molar-refractivity contribution in [3.05, 3.63) is 35.9 Å². The van der Waals surface area contributed by atoms with Crippen molar-refractivity contribution in [3.8, 4) is 0 Å². The summed E-state index contributed by atoms with van der Waals surface area (Å²) >= 11 is 0. The van der Waals surface area contributed by atoms with E-state index in [9.17, 15) is 9.90 Å². The van der Waals surface area contributed by atoms with Gasteiger partial charge in [-0.2, -0.15) is 0 Å². The molecule has 0 spiro atoms. The Morgan fingerprint density at radius 1 is 1.45 bits per heavy atom. The molecule has 1 aliphatic rings. The van der Waals surface area contributed by atoms with Crippen molar-refractivity contribution in [1.82, 2.24) is 5.32 Å².